The molecule has 0 saturated heterocycles. The van der Waals surface area contributed by atoms with E-state index in [1.54, 1.807) is 6.07 Å². The topological polar surface area (TPSA) is 111 Å². The van der Waals surface area contributed by atoms with Crippen molar-refractivity contribution in [2.24, 2.45) is 11.7 Å². The molecule has 0 amide bonds. The molecule has 1 heterocycles. The first-order valence-corrected chi connectivity index (χ1v) is 7.08. The number of hydrogen-bond acceptors (Lipinski definition) is 7. The van der Waals surface area contributed by atoms with Gasteiger partial charge in [0.15, 0.2) is 5.92 Å². The highest BCUT2D eigenvalue weighted by molar-refractivity contribution is 5.79. The molecule has 0 aliphatic rings. The lowest BCUT2D eigenvalue weighted by Crippen LogP contribution is -2.14. The molecule has 1 aromatic carbocycles. The molecule has 122 valence electrons. The Bertz CT molecular complexity index is 769. The predicted octanol–water partition coefficient (Wildman–Crippen LogP) is 1.67. The van der Waals surface area contributed by atoms with E-state index in [0.717, 1.165) is 5.56 Å². The van der Waals surface area contributed by atoms with E-state index >= 15 is 0 Å². The zero-order valence-corrected chi connectivity index (χ0v) is 13.0. The van der Waals surface area contributed by atoms with Crippen molar-refractivity contribution in [1.29, 1.82) is 5.26 Å². The number of nitrogens with two attached hydrogens (primary N) is 1. The standard InChI is InChI=1S/C17H16N4O3/c1-23-17(22)13(8-18)7-14(19)15-9-20-10-16(21-15)24-11-12-5-3-2-4-6-12/h2-7,9-10,13H,11,19H2,1H3/b14-7-. The molecular weight excluding hydrogens is 308 g/mol. The molecule has 0 saturated carbocycles. The van der Waals surface area contributed by atoms with E-state index in [9.17, 15) is 4.79 Å². The number of nitrogens with zero attached hydrogens (tertiary/aromatic N) is 3. The number of carbonyl (C=O) groups is 1. The third kappa shape index (κ3) is 4.55. The summed E-state index contributed by atoms with van der Waals surface area (Å²) in [6.07, 6.45) is 4.16. The zero-order valence-electron chi connectivity index (χ0n) is 13.0. The van der Waals surface area contributed by atoms with Crippen molar-refractivity contribution < 1.29 is 14.3 Å². The molecule has 1 atom stereocenters. The highest BCUT2D eigenvalue weighted by atomic mass is 16.5. The van der Waals surface area contributed by atoms with Gasteiger partial charge in [0.1, 0.15) is 12.3 Å². The van der Waals surface area contributed by atoms with Crippen molar-refractivity contribution in [2.45, 2.75) is 6.61 Å². The summed E-state index contributed by atoms with van der Waals surface area (Å²) in [6.45, 7) is 0.339. The summed E-state index contributed by atoms with van der Waals surface area (Å²) in [6, 6.07) is 11.4. The molecule has 2 rings (SSSR count). The molecule has 2 N–H and O–H groups in total. The Morgan fingerprint density at radius 2 is 2.12 bits per heavy atom. The van der Waals surface area contributed by atoms with Gasteiger partial charge in [-0.2, -0.15) is 5.26 Å². The SMILES string of the molecule is COC(=O)C(C#N)/C=C(\N)c1cncc(OCc2ccccc2)n1. The van der Waals surface area contributed by atoms with Crippen molar-refractivity contribution in [3.05, 3.63) is 60.1 Å². The summed E-state index contributed by atoms with van der Waals surface area (Å²) in [5.41, 5.74) is 7.33. The number of carbonyl (C=O) groups excluding carboxylic acids is 1. The van der Waals surface area contributed by atoms with Crippen LogP contribution in [0.3, 0.4) is 0 Å². The summed E-state index contributed by atoms with van der Waals surface area (Å²) in [5, 5.41) is 8.98. The minimum absolute atomic E-state index is 0.143. The van der Waals surface area contributed by atoms with Crippen molar-refractivity contribution in [3.8, 4) is 11.9 Å². The Kier molecular flexibility index (Phi) is 5.86. The van der Waals surface area contributed by atoms with Gasteiger partial charge in [-0.1, -0.05) is 30.3 Å². The molecule has 24 heavy (non-hydrogen) atoms. The molecule has 0 radical (unpaired) electrons. The van der Waals surface area contributed by atoms with E-state index in [4.69, 9.17) is 15.7 Å². The van der Waals surface area contributed by atoms with E-state index < -0.39 is 11.9 Å². The van der Waals surface area contributed by atoms with Gasteiger partial charge in [-0.25, -0.2) is 4.98 Å². The third-order valence-corrected chi connectivity index (χ3v) is 3.08. The molecule has 0 fully saturated rings. The van der Waals surface area contributed by atoms with Crippen LogP contribution in [-0.2, 0) is 16.1 Å². The molecule has 2 aromatic rings. The van der Waals surface area contributed by atoms with Crippen LogP contribution >= 0.6 is 0 Å². The maximum absolute atomic E-state index is 11.4. The number of aromatic nitrogens is 2. The van der Waals surface area contributed by atoms with Gasteiger partial charge < -0.3 is 15.2 Å². The number of ether oxygens (including phenoxy) is 2. The van der Waals surface area contributed by atoms with E-state index in [-0.39, 0.29) is 5.70 Å². The highest BCUT2D eigenvalue weighted by Crippen LogP contribution is 2.14. The molecule has 7 heteroatoms. The summed E-state index contributed by atoms with van der Waals surface area (Å²) >= 11 is 0. The second-order valence-corrected chi connectivity index (χ2v) is 4.77. The van der Waals surface area contributed by atoms with Crippen LogP contribution in [0.15, 0.2) is 48.8 Å². The van der Waals surface area contributed by atoms with Crippen LogP contribution in [0.25, 0.3) is 5.70 Å². The zero-order chi connectivity index (χ0) is 17.4. The van der Waals surface area contributed by atoms with Gasteiger partial charge in [0, 0.05) is 0 Å². The highest BCUT2D eigenvalue weighted by Gasteiger charge is 2.17. The van der Waals surface area contributed by atoms with Crippen molar-refractivity contribution >= 4 is 11.7 Å². The molecular formula is C17H16N4O3. The second kappa shape index (κ2) is 8.29. The lowest BCUT2D eigenvalue weighted by molar-refractivity contribution is -0.142. The molecule has 0 aliphatic carbocycles. The summed E-state index contributed by atoms with van der Waals surface area (Å²) in [5.74, 6) is -1.50. The number of hydrogen-bond donors (Lipinski definition) is 1. The first-order chi connectivity index (χ1) is 11.6. The Morgan fingerprint density at radius 1 is 1.38 bits per heavy atom. The molecule has 1 aromatic heterocycles. The lowest BCUT2D eigenvalue weighted by Gasteiger charge is -2.08. The van der Waals surface area contributed by atoms with Gasteiger partial charge in [0.25, 0.3) is 0 Å². The van der Waals surface area contributed by atoms with E-state index in [0.29, 0.717) is 18.2 Å². The number of benzene rings is 1. The van der Waals surface area contributed by atoms with Gasteiger partial charge in [-0.05, 0) is 11.6 Å². The number of esters is 1. The van der Waals surface area contributed by atoms with Crippen LogP contribution in [0, 0.1) is 17.2 Å². The third-order valence-electron chi connectivity index (χ3n) is 3.08. The fourth-order valence-electron chi connectivity index (χ4n) is 1.84. The minimum atomic E-state index is -1.11. The maximum atomic E-state index is 11.4. The van der Waals surface area contributed by atoms with Gasteiger partial charge >= 0.3 is 5.97 Å². The number of methoxy groups -OCH3 is 1. The molecule has 0 aliphatic heterocycles. The first kappa shape index (κ1) is 17.0. The predicted molar refractivity (Wildman–Crippen MR) is 86.1 cm³/mol. The summed E-state index contributed by atoms with van der Waals surface area (Å²) in [4.78, 5) is 19.7. The molecule has 0 bridgehead atoms. The monoisotopic (exact) mass is 324 g/mol. The van der Waals surface area contributed by atoms with Gasteiger partial charge in [-0.3, -0.25) is 9.78 Å². The van der Waals surface area contributed by atoms with Crippen molar-refractivity contribution in [3.63, 3.8) is 0 Å². The van der Waals surface area contributed by atoms with Gasteiger partial charge in [0.2, 0.25) is 5.88 Å². The molecule has 0 spiro atoms. The average molecular weight is 324 g/mol. The van der Waals surface area contributed by atoms with Crippen LogP contribution < -0.4 is 10.5 Å². The quantitative estimate of drug-likeness (QED) is 0.804. The molecule has 1 unspecified atom stereocenters. The Labute approximate surface area is 139 Å². The van der Waals surface area contributed by atoms with Crippen LogP contribution in [0.2, 0.25) is 0 Å². The maximum Gasteiger partial charge on any atom is 0.327 e. The van der Waals surface area contributed by atoms with Crippen LogP contribution in [-0.4, -0.2) is 23.0 Å². The summed E-state index contributed by atoms with van der Waals surface area (Å²) < 4.78 is 10.1. The van der Waals surface area contributed by atoms with E-state index in [1.165, 1.54) is 25.6 Å². The fourth-order valence-corrected chi connectivity index (χ4v) is 1.84. The minimum Gasteiger partial charge on any atom is -0.472 e. The average Bonchev–Trinajstić information content (AvgIpc) is 2.64. The first-order valence-electron chi connectivity index (χ1n) is 7.08. The second-order valence-electron chi connectivity index (χ2n) is 4.77. The van der Waals surface area contributed by atoms with Gasteiger partial charge in [-0.15, -0.1) is 0 Å². The van der Waals surface area contributed by atoms with E-state index in [2.05, 4.69) is 14.7 Å². The Balaban J connectivity index is 2.11. The molecule has 7 nitrogen and oxygen atoms in total. The lowest BCUT2D eigenvalue weighted by atomic mass is 10.1. The number of nitriles is 1. The van der Waals surface area contributed by atoms with Crippen LogP contribution in [0.4, 0.5) is 0 Å². The smallest absolute Gasteiger partial charge is 0.327 e. The van der Waals surface area contributed by atoms with Crippen LogP contribution in [0.1, 0.15) is 11.3 Å². The Morgan fingerprint density at radius 3 is 2.79 bits per heavy atom. The fraction of sp³-hybridized carbons (Fsp3) is 0.176. The van der Waals surface area contributed by atoms with Crippen molar-refractivity contribution in [2.75, 3.05) is 7.11 Å². The summed E-state index contributed by atoms with van der Waals surface area (Å²) in [7, 11) is 1.20. The van der Waals surface area contributed by atoms with Crippen LogP contribution in [0.5, 0.6) is 5.88 Å². The normalized spacial score (nSPS) is 12.1. The largest absolute Gasteiger partial charge is 0.472 e. The van der Waals surface area contributed by atoms with Gasteiger partial charge in [0.05, 0.1) is 31.3 Å². The Hall–Kier alpha value is -3.40. The number of rotatable bonds is 6. The van der Waals surface area contributed by atoms with Crippen molar-refractivity contribution in [1.82, 2.24) is 9.97 Å². The van der Waals surface area contributed by atoms with E-state index in [1.807, 2.05) is 30.3 Å².